The average Bonchev–Trinajstić information content (AvgIpc) is 2.79. The number of aromatic nitrogens is 1. The molecule has 1 saturated carbocycles. The van der Waals surface area contributed by atoms with Gasteiger partial charge in [-0.05, 0) is 24.8 Å². The molecule has 1 aliphatic carbocycles. The van der Waals surface area contributed by atoms with E-state index in [1.54, 1.807) is 6.20 Å². The summed E-state index contributed by atoms with van der Waals surface area (Å²) in [6.07, 6.45) is 5.54. The monoisotopic (exact) mass is 177 g/mol. The highest BCUT2D eigenvalue weighted by Crippen LogP contribution is 2.53. The van der Waals surface area contributed by atoms with E-state index in [1.165, 1.54) is 0 Å². The summed E-state index contributed by atoms with van der Waals surface area (Å²) in [5, 5.41) is 10.1. The zero-order valence-corrected chi connectivity index (χ0v) is 8.12. The molecule has 2 nitrogen and oxygen atoms in total. The third kappa shape index (κ3) is 1.35. The summed E-state index contributed by atoms with van der Waals surface area (Å²) in [5.41, 5.74) is 1.54. The molecule has 0 saturated heterocycles. The normalized spacial score (nSPS) is 31.8. The summed E-state index contributed by atoms with van der Waals surface area (Å²) in [4.78, 5) is 4.10. The van der Waals surface area contributed by atoms with Crippen LogP contribution in [0.4, 0.5) is 0 Å². The highest BCUT2D eigenvalue weighted by Gasteiger charge is 2.52. The van der Waals surface area contributed by atoms with Gasteiger partial charge in [-0.25, -0.2) is 0 Å². The number of nitrogens with zero attached hydrogens (tertiary/aromatic N) is 1. The first-order valence-corrected chi connectivity index (χ1v) is 4.81. The molecule has 0 aromatic carbocycles. The summed E-state index contributed by atoms with van der Waals surface area (Å²) in [7, 11) is 0. The Kier molecular flexibility index (Phi) is 1.88. The Morgan fingerprint density at radius 1 is 1.62 bits per heavy atom. The maximum Gasteiger partial charge on any atom is 0.0944 e. The predicted octanol–water partition coefficient (Wildman–Crippen LogP) is 2.01. The van der Waals surface area contributed by atoms with Gasteiger partial charge in [0, 0.05) is 18.0 Å². The summed E-state index contributed by atoms with van der Waals surface area (Å²) >= 11 is 0. The maximum absolute atomic E-state index is 10.1. The number of rotatable bonds is 2. The average molecular weight is 177 g/mol. The van der Waals surface area contributed by atoms with Crippen LogP contribution in [0.2, 0.25) is 0 Å². The molecule has 0 spiro atoms. The van der Waals surface area contributed by atoms with E-state index in [4.69, 9.17) is 0 Å². The van der Waals surface area contributed by atoms with Crippen molar-refractivity contribution in [3.05, 3.63) is 29.6 Å². The first-order valence-electron chi connectivity index (χ1n) is 4.81. The van der Waals surface area contributed by atoms with Gasteiger partial charge in [-0.2, -0.15) is 0 Å². The van der Waals surface area contributed by atoms with Gasteiger partial charge in [0.25, 0.3) is 0 Å². The highest BCUT2D eigenvalue weighted by atomic mass is 16.3. The lowest BCUT2D eigenvalue weighted by Crippen LogP contribution is -2.08. The Labute approximate surface area is 78.6 Å². The quantitative estimate of drug-likeness (QED) is 0.749. The molecular weight excluding hydrogens is 162 g/mol. The first-order chi connectivity index (χ1) is 6.16. The Morgan fingerprint density at radius 3 is 2.92 bits per heavy atom. The second-order valence-corrected chi connectivity index (χ2v) is 3.98. The van der Waals surface area contributed by atoms with Crippen LogP contribution in [0.1, 0.15) is 30.9 Å². The van der Waals surface area contributed by atoms with Crippen molar-refractivity contribution >= 4 is 0 Å². The molecule has 70 valence electrons. The fraction of sp³-hybridized carbons (Fsp3) is 0.545. The smallest absolute Gasteiger partial charge is 0.0944 e. The number of pyridine rings is 1. The van der Waals surface area contributed by atoms with Crippen molar-refractivity contribution in [1.29, 1.82) is 0 Å². The molecule has 1 fully saturated rings. The van der Waals surface area contributed by atoms with E-state index >= 15 is 0 Å². The van der Waals surface area contributed by atoms with E-state index in [2.05, 4.69) is 11.9 Å². The van der Waals surface area contributed by atoms with Crippen LogP contribution < -0.4 is 0 Å². The van der Waals surface area contributed by atoms with Gasteiger partial charge in [0.1, 0.15) is 0 Å². The lowest BCUT2D eigenvalue weighted by atomic mass is 10.1. The number of aryl methyl sites for hydroxylation is 1. The lowest BCUT2D eigenvalue weighted by molar-refractivity contribution is 0.130. The SMILES string of the molecule is CCC1CC1(O)c1cncc(C)c1. The van der Waals surface area contributed by atoms with Crippen LogP contribution >= 0.6 is 0 Å². The summed E-state index contributed by atoms with van der Waals surface area (Å²) in [6.45, 7) is 4.12. The summed E-state index contributed by atoms with van der Waals surface area (Å²) in [5.74, 6) is 0.441. The van der Waals surface area contributed by atoms with Crippen molar-refractivity contribution in [3.63, 3.8) is 0 Å². The summed E-state index contributed by atoms with van der Waals surface area (Å²) in [6, 6.07) is 2.03. The number of hydrogen-bond donors (Lipinski definition) is 1. The highest BCUT2D eigenvalue weighted by molar-refractivity contribution is 5.29. The molecule has 2 atom stereocenters. The van der Waals surface area contributed by atoms with Gasteiger partial charge in [0.15, 0.2) is 0 Å². The minimum absolute atomic E-state index is 0.441. The van der Waals surface area contributed by atoms with Crippen molar-refractivity contribution in [2.45, 2.75) is 32.3 Å². The van der Waals surface area contributed by atoms with Gasteiger partial charge < -0.3 is 5.11 Å². The molecule has 1 heterocycles. The Balaban J connectivity index is 2.27. The second kappa shape index (κ2) is 2.81. The van der Waals surface area contributed by atoms with E-state index < -0.39 is 5.60 Å². The van der Waals surface area contributed by atoms with Crippen LogP contribution in [0.5, 0.6) is 0 Å². The minimum Gasteiger partial charge on any atom is -0.385 e. The molecule has 0 bridgehead atoms. The zero-order valence-electron chi connectivity index (χ0n) is 8.12. The molecule has 0 aliphatic heterocycles. The molecule has 1 aliphatic rings. The summed E-state index contributed by atoms with van der Waals surface area (Å²) < 4.78 is 0. The third-order valence-corrected chi connectivity index (χ3v) is 2.94. The van der Waals surface area contributed by atoms with Crippen molar-refractivity contribution in [2.75, 3.05) is 0 Å². The van der Waals surface area contributed by atoms with E-state index in [0.717, 1.165) is 24.0 Å². The van der Waals surface area contributed by atoms with Gasteiger partial charge in [-0.15, -0.1) is 0 Å². The van der Waals surface area contributed by atoms with Gasteiger partial charge in [0.2, 0.25) is 0 Å². The van der Waals surface area contributed by atoms with Crippen LogP contribution in [-0.2, 0) is 5.60 Å². The van der Waals surface area contributed by atoms with E-state index in [-0.39, 0.29) is 0 Å². The van der Waals surface area contributed by atoms with Crippen molar-refractivity contribution in [3.8, 4) is 0 Å². The van der Waals surface area contributed by atoms with Gasteiger partial charge >= 0.3 is 0 Å². The van der Waals surface area contributed by atoms with E-state index in [9.17, 15) is 5.11 Å². The van der Waals surface area contributed by atoms with Crippen molar-refractivity contribution in [1.82, 2.24) is 4.98 Å². The van der Waals surface area contributed by atoms with Gasteiger partial charge in [0.05, 0.1) is 5.60 Å². The Hall–Kier alpha value is -0.890. The Bertz CT molecular complexity index is 324. The zero-order chi connectivity index (χ0) is 9.47. The number of aliphatic hydroxyl groups is 1. The predicted molar refractivity (Wildman–Crippen MR) is 51.3 cm³/mol. The topological polar surface area (TPSA) is 33.1 Å². The van der Waals surface area contributed by atoms with E-state index in [0.29, 0.717) is 5.92 Å². The number of hydrogen-bond acceptors (Lipinski definition) is 2. The molecule has 0 amide bonds. The van der Waals surface area contributed by atoms with Crippen LogP contribution in [-0.4, -0.2) is 10.1 Å². The molecule has 2 heteroatoms. The van der Waals surface area contributed by atoms with Crippen LogP contribution in [0.3, 0.4) is 0 Å². The molecule has 13 heavy (non-hydrogen) atoms. The van der Waals surface area contributed by atoms with Crippen LogP contribution in [0, 0.1) is 12.8 Å². The van der Waals surface area contributed by atoms with Gasteiger partial charge in [-0.3, -0.25) is 4.98 Å². The lowest BCUT2D eigenvalue weighted by Gasteiger charge is -2.09. The molecule has 2 unspecified atom stereocenters. The molecule has 1 aromatic rings. The van der Waals surface area contributed by atoms with Gasteiger partial charge in [-0.1, -0.05) is 19.4 Å². The Morgan fingerprint density at radius 2 is 2.38 bits per heavy atom. The fourth-order valence-corrected chi connectivity index (χ4v) is 1.94. The fourth-order valence-electron chi connectivity index (χ4n) is 1.94. The standard InChI is InChI=1S/C11H15NO/c1-3-9-5-11(9,13)10-4-8(2)6-12-7-10/h4,6-7,9,13H,3,5H2,1-2H3. The van der Waals surface area contributed by atoms with Crippen molar-refractivity contribution in [2.24, 2.45) is 5.92 Å². The van der Waals surface area contributed by atoms with Crippen LogP contribution in [0.25, 0.3) is 0 Å². The third-order valence-electron chi connectivity index (χ3n) is 2.94. The minimum atomic E-state index is -0.562. The molecule has 1 N–H and O–H groups in total. The van der Waals surface area contributed by atoms with E-state index in [1.807, 2.05) is 19.2 Å². The van der Waals surface area contributed by atoms with Crippen LogP contribution in [0.15, 0.2) is 18.5 Å². The van der Waals surface area contributed by atoms with Crippen molar-refractivity contribution < 1.29 is 5.11 Å². The maximum atomic E-state index is 10.1. The molecule has 1 aromatic heterocycles. The molecular formula is C11H15NO. The second-order valence-electron chi connectivity index (χ2n) is 3.98. The largest absolute Gasteiger partial charge is 0.385 e. The first kappa shape index (κ1) is 8.70. The molecule has 0 radical (unpaired) electrons. The molecule has 2 rings (SSSR count).